The van der Waals surface area contributed by atoms with Crippen LogP contribution in [0.5, 0.6) is 0 Å². The van der Waals surface area contributed by atoms with Crippen molar-refractivity contribution in [2.45, 2.75) is 12.8 Å². The molecule has 0 atom stereocenters. The number of nitrogens with zero attached hydrogens (tertiary/aromatic N) is 3. The van der Waals surface area contributed by atoms with E-state index in [1.165, 1.54) is 9.80 Å². The standard InChI is InChI=1S/C18H24N4O4/c1-20-13-17(24)22(18(20)25)8-2-3-16(23)19-14-4-6-15(7-5-14)21-9-11-26-12-10-21/h4-7H,2-3,8-13H2,1H3,(H,19,23). The van der Waals surface area contributed by atoms with Gasteiger partial charge in [-0.1, -0.05) is 0 Å². The topological polar surface area (TPSA) is 82.2 Å². The number of ether oxygens (including phenoxy) is 1. The second-order valence-corrected chi connectivity index (χ2v) is 6.48. The summed E-state index contributed by atoms with van der Waals surface area (Å²) < 4.78 is 5.34. The maximum absolute atomic E-state index is 12.1. The number of nitrogens with one attached hydrogen (secondary N) is 1. The Labute approximate surface area is 152 Å². The van der Waals surface area contributed by atoms with E-state index in [1.54, 1.807) is 7.05 Å². The van der Waals surface area contributed by atoms with Gasteiger partial charge in [0.25, 0.3) is 0 Å². The Kier molecular flexibility index (Phi) is 5.72. The van der Waals surface area contributed by atoms with Gasteiger partial charge in [-0.15, -0.1) is 0 Å². The molecule has 8 nitrogen and oxygen atoms in total. The quantitative estimate of drug-likeness (QED) is 0.769. The van der Waals surface area contributed by atoms with Gasteiger partial charge in [0.2, 0.25) is 11.8 Å². The molecule has 2 aliphatic rings. The second kappa shape index (κ2) is 8.18. The van der Waals surface area contributed by atoms with Crippen molar-refractivity contribution >= 4 is 29.2 Å². The highest BCUT2D eigenvalue weighted by Crippen LogP contribution is 2.19. The van der Waals surface area contributed by atoms with Crippen LogP contribution in [0.2, 0.25) is 0 Å². The van der Waals surface area contributed by atoms with Gasteiger partial charge in [-0.3, -0.25) is 14.5 Å². The molecule has 0 radical (unpaired) electrons. The van der Waals surface area contributed by atoms with Gasteiger partial charge in [-0.2, -0.15) is 0 Å². The summed E-state index contributed by atoms with van der Waals surface area (Å²) >= 11 is 0. The molecule has 0 aromatic heterocycles. The third-order valence-electron chi connectivity index (χ3n) is 4.54. The Balaban J connectivity index is 1.43. The first-order chi connectivity index (χ1) is 12.5. The van der Waals surface area contributed by atoms with Crippen LogP contribution in [-0.4, -0.2) is 74.1 Å². The molecule has 140 valence electrons. The first-order valence-corrected chi connectivity index (χ1v) is 8.82. The lowest BCUT2D eigenvalue weighted by molar-refractivity contribution is -0.125. The van der Waals surface area contributed by atoms with E-state index in [2.05, 4.69) is 10.2 Å². The molecular formula is C18H24N4O4. The van der Waals surface area contributed by atoms with Gasteiger partial charge >= 0.3 is 6.03 Å². The predicted molar refractivity (Wildman–Crippen MR) is 97.1 cm³/mol. The van der Waals surface area contributed by atoms with Crippen LogP contribution in [0.4, 0.5) is 16.2 Å². The van der Waals surface area contributed by atoms with Crippen molar-refractivity contribution in [2.75, 3.05) is 56.7 Å². The summed E-state index contributed by atoms with van der Waals surface area (Å²) in [6.45, 7) is 3.59. The molecule has 1 aromatic rings. The van der Waals surface area contributed by atoms with Gasteiger partial charge in [0.1, 0.15) is 6.54 Å². The maximum atomic E-state index is 12.1. The Morgan fingerprint density at radius 2 is 1.85 bits per heavy atom. The molecule has 1 aromatic carbocycles. The van der Waals surface area contributed by atoms with Gasteiger partial charge in [0.15, 0.2) is 0 Å². The molecule has 8 heteroatoms. The lowest BCUT2D eigenvalue weighted by atomic mass is 10.2. The van der Waals surface area contributed by atoms with Crippen LogP contribution in [0.15, 0.2) is 24.3 Å². The fourth-order valence-electron chi connectivity index (χ4n) is 3.09. The summed E-state index contributed by atoms with van der Waals surface area (Å²) in [6.07, 6.45) is 0.703. The zero-order valence-corrected chi connectivity index (χ0v) is 14.9. The normalized spacial score (nSPS) is 17.8. The number of hydrogen-bond acceptors (Lipinski definition) is 5. The van der Waals surface area contributed by atoms with E-state index in [0.29, 0.717) is 6.42 Å². The largest absolute Gasteiger partial charge is 0.378 e. The van der Waals surface area contributed by atoms with Gasteiger partial charge < -0.3 is 19.9 Å². The van der Waals surface area contributed by atoms with Gasteiger partial charge in [0, 0.05) is 44.5 Å². The predicted octanol–water partition coefficient (Wildman–Crippen LogP) is 1.14. The summed E-state index contributed by atoms with van der Waals surface area (Å²) in [5.74, 6) is -0.340. The summed E-state index contributed by atoms with van der Waals surface area (Å²) in [5, 5.41) is 2.85. The molecule has 0 unspecified atom stereocenters. The summed E-state index contributed by atoms with van der Waals surface area (Å²) in [4.78, 5) is 40.3. The number of likely N-dealkylation sites (N-methyl/N-ethyl adjacent to an activating group) is 1. The summed E-state index contributed by atoms with van der Waals surface area (Å²) in [5.41, 5.74) is 1.85. The van der Waals surface area contributed by atoms with Crippen molar-refractivity contribution in [3.63, 3.8) is 0 Å². The first kappa shape index (κ1) is 18.2. The molecule has 0 aliphatic carbocycles. The van der Waals surface area contributed by atoms with Crippen molar-refractivity contribution in [3.8, 4) is 0 Å². The van der Waals surface area contributed by atoms with Crippen LogP contribution in [0, 0.1) is 0 Å². The van der Waals surface area contributed by atoms with Crippen LogP contribution in [0.1, 0.15) is 12.8 Å². The molecule has 2 saturated heterocycles. The SMILES string of the molecule is CN1CC(=O)N(CCCC(=O)Nc2ccc(N3CCOCC3)cc2)C1=O. The van der Waals surface area contributed by atoms with Crippen molar-refractivity contribution < 1.29 is 19.1 Å². The van der Waals surface area contributed by atoms with Crippen LogP contribution in [-0.2, 0) is 14.3 Å². The third kappa shape index (κ3) is 4.32. The summed E-state index contributed by atoms with van der Waals surface area (Å²) in [6, 6.07) is 7.43. The molecule has 0 bridgehead atoms. The molecule has 26 heavy (non-hydrogen) atoms. The minimum Gasteiger partial charge on any atom is -0.378 e. The number of carbonyl (C=O) groups excluding carboxylic acids is 3. The van der Waals surface area contributed by atoms with Crippen LogP contribution >= 0.6 is 0 Å². The Bertz CT molecular complexity index is 670. The lowest BCUT2D eigenvalue weighted by Crippen LogP contribution is -2.36. The number of hydrogen-bond donors (Lipinski definition) is 1. The van der Waals surface area contributed by atoms with E-state index in [1.807, 2.05) is 24.3 Å². The number of urea groups is 1. The van der Waals surface area contributed by atoms with Crippen molar-refractivity contribution in [1.29, 1.82) is 0 Å². The van der Waals surface area contributed by atoms with Crippen LogP contribution in [0.3, 0.4) is 0 Å². The minimum atomic E-state index is -0.297. The zero-order chi connectivity index (χ0) is 18.5. The summed E-state index contributed by atoms with van der Waals surface area (Å²) in [7, 11) is 1.59. The number of amides is 4. The average Bonchev–Trinajstić information content (AvgIpc) is 2.89. The minimum absolute atomic E-state index is 0.112. The van der Waals surface area contributed by atoms with Gasteiger partial charge in [-0.25, -0.2) is 4.79 Å². The van der Waals surface area contributed by atoms with Crippen LogP contribution < -0.4 is 10.2 Å². The van der Waals surface area contributed by atoms with E-state index in [-0.39, 0.29) is 37.4 Å². The molecule has 0 spiro atoms. The fraction of sp³-hybridized carbons (Fsp3) is 0.500. The van der Waals surface area contributed by atoms with Crippen molar-refractivity contribution in [2.24, 2.45) is 0 Å². The molecule has 0 saturated carbocycles. The molecule has 2 heterocycles. The van der Waals surface area contributed by atoms with E-state index in [9.17, 15) is 14.4 Å². The Morgan fingerprint density at radius 1 is 1.15 bits per heavy atom. The van der Waals surface area contributed by atoms with E-state index < -0.39 is 0 Å². The highest BCUT2D eigenvalue weighted by Gasteiger charge is 2.32. The fourth-order valence-corrected chi connectivity index (χ4v) is 3.09. The number of anilines is 2. The number of rotatable bonds is 6. The maximum Gasteiger partial charge on any atom is 0.326 e. The third-order valence-corrected chi connectivity index (χ3v) is 4.54. The molecule has 3 rings (SSSR count). The van der Waals surface area contributed by atoms with E-state index in [4.69, 9.17) is 4.74 Å². The molecule has 1 N–H and O–H groups in total. The zero-order valence-electron chi connectivity index (χ0n) is 14.9. The monoisotopic (exact) mass is 360 g/mol. The van der Waals surface area contributed by atoms with E-state index >= 15 is 0 Å². The number of carbonyl (C=O) groups is 3. The van der Waals surface area contributed by atoms with E-state index in [0.717, 1.165) is 37.7 Å². The van der Waals surface area contributed by atoms with Crippen LogP contribution in [0.25, 0.3) is 0 Å². The highest BCUT2D eigenvalue weighted by molar-refractivity contribution is 6.01. The van der Waals surface area contributed by atoms with Gasteiger partial charge in [-0.05, 0) is 30.7 Å². The second-order valence-electron chi connectivity index (χ2n) is 6.48. The molecule has 4 amide bonds. The molecular weight excluding hydrogens is 336 g/mol. The number of benzene rings is 1. The molecule has 2 fully saturated rings. The Morgan fingerprint density at radius 3 is 2.46 bits per heavy atom. The highest BCUT2D eigenvalue weighted by atomic mass is 16.5. The van der Waals surface area contributed by atoms with Gasteiger partial charge in [0.05, 0.1) is 13.2 Å². The molecule has 2 aliphatic heterocycles. The average molecular weight is 360 g/mol. The first-order valence-electron chi connectivity index (χ1n) is 8.82. The van der Waals surface area contributed by atoms with Crippen molar-refractivity contribution in [3.05, 3.63) is 24.3 Å². The lowest BCUT2D eigenvalue weighted by Gasteiger charge is -2.28. The number of imide groups is 1. The smallest absolute Gasteiger partial charge is 0.326 e. The Hall–Kier alpha value is -2.61. The number of morpholine rings is 1. The van der Waals surface area contributed by atoms with Crippen molar-refractivity contribution in [1.82, 2.24) is 9.80 Å².